The van der Waals surface area contributed by atoms with Gasteiger partial charge in [-0.1, -0.05) is 91.2 Å². The topological polar surface area (TPSA) is 56.5 Å². The van der Waals surface area contributed by atoms with Gasteiger partial charge in [0.05, 0.1) is 12.1 Å². The van der Waals surface area contributed by atoms with Crippen LogP contribution in [0, 0.1) is 0 Å². The maximum atomic E-state index is 6.53. The number of rotatable bonds is 4. The summed E-state index contributed by atoms with van der Waals surface area (Å²) in [5.41, 5.74) is 16.8. The molecule has 216 valence electrons. The van der Waals surface area contributed by atoms with E-state index in [1.165, 1.54) is 45.5 Å². The first-order valence-electron chi connectivity index (χ1n) is 15.3. The van der Waals surface area contributed by atoms with Crippen molar-refractivity contribution in [1.82, 2.24) is 4.57 Å². The zero-order valence-electron chi connectivity index (χ0n) is 24.6. The van der Waals surface area contributed by atoms with E-state index in [4.69, 9.17) is 15.1 Å². The number of nitrogens with two attached hydrogens (primary N) is 1. The lowest BCUT2D eigenvalue weighted by Crippen LogP contribution is -2.13. The van der Waals surface area contributed by atoms with Gasteiger partial charge in [0, 0.05) is 49.0 Å². The van der Waals surface area contributed by atoms with Crippen LogP contribution in [-0.2, 0) is 25.8 Å². The number of nitrogens with zero attached hydrogens (tertiary/aromatic N) is 2. The highest BCUT2D eigenvalue weighted by atomic mass is 32.2. The zero-order chi connectivity index (χ0) is 29.6. The Hall–Kier alpha value is -4.74. The third-order valence-corrected chi connectivity index (χ3v) is 9.94. The fourth-order valence-electron chi connectivity index (χ4n) is 6.83. The number of thioether (sulfide) groups is 1. The van der Waals surface area contributed by atoms with Crippen molar-refractivity contribution >= 4 is 50.4 Å². The maximum Gasteiger partial charge on any atom is 0.137 e. The quantitative estimate of drug-likeness (QED) is 0.164. The van der Waals surface area contributed by atoms with Gasteiger partial charge in [-0.15, -0.1) is 0 Å². The first-order chi connectivity index (χ1) is 21.7. The molecule has 6 aromatic rings. The van der Waals surface area contributed by atoms with E-state index in [0.717, 1.165) is 62.9 Å². The Morgan fingerprint density at radius 1 is 0.909 bits per heavy atom. The number of aromatic nitrogens is 1. The first kappa shape index (κ1) is 26.9. The molecule has 0 radical (unpaired) electrons. The van der Waals surface area contributed by atoms with E-state index < -0.39 is 0 Å². The molecule has 4 nitrogen and oxygen atoms in total. The minimum absolute atomic E-state index is 0.486. The Morgan fingerprint density at radius 3 is 2.68 bits per heavy atom. The highest BCUT2D eigenvalue weighted by Gasteiger charge is 2.25. The number of aliphatic imine (C=N–C) groups is 1. The minimum atomic E-state index is 0.486. The zero-order valence-corrected chi connectivity index (χ0v) is 25.4. The van der Waals surface area contributed by atoms with Gasteiger partial charge in [0.25, 0.3) is 0 Å². The molecule has 0 atom stereocenters. The van der Waals surface area contributed by atoms with Crippen LogP contribution in [0.4, 0.5) is 0 Å². The summed E-state index contributed by atoms with van der Waals surface area (Å²) in [5, 5.41) is 3.57. The van der Waals surface area contributed by atoms with E-state index in [0.29, 0.717) is 12.4 Å². The van der Waals surface area contributed by atoms with Gasteiger partial charge in [-0.25, -0.2) is 0 Å². The molecule has 0 spiro atoms. The summed E-state index contributed by atoms with van der Waals surface area (Å²) in [6, 6.07) is 27.5. The summed E-state index contributed by atoms with van der Waals surface area (Å²) in [4.78, 5) is 7.09. The van der Waals surface area contributed by atoms with Crippen LogP contribution in [-0.4, -0.2) is 10.4 Å². The summed E-state index contributed by atoms with van der Waals surface area (Å²) in [5.74, 6) is 0.541. The normalized spacial score (nSPS) is 16.8. The predicted octanol–water partition coefficient (Wildman–Crippen LogP) is 9.59. The lowest BCUT2D eigenvalue weighted by molar-refractivity contribution is 0.662. The Morgan fingerprint density at radius 2 is 1.77 bits per heavy atom. The molecule has 2 aliphatic rings. The van der Waals surface area contributed by atoms with Crippen LogP contribution in [0.15, 0.2) is 129 Å². The van der Waals surface area contributed by atoms with Crippen molar-refractivity contribution in [2.75, 3.05) is 0 Å². The van der Waals surface area contributed by atoms with Crippen molar-refractivity contribution < 1.29 is 4.42 Å². The van der Waals surface area contributed by atoms with Crippen LogP contribution in [0.25, 0.3) is 38.5 Å². The minimum Gasteiger partial charge on any atom is -0.456 e. The summed E-state index contributed by atoms with van der Waals surface area (Å²) in [7, 11) is 0. The highest BCUT2D eigenvalue weighted by Crippen LogP contribution is 2.44. The number of hydrogen-bond acceptors (Lipinski definition) is 3. The van der Waals surface area contributed by atoms with Crippen LogP contribution in [0.1, 0.15) is 40.8 Å². The molecular weight excluding hydrogens is 559 g/mol. The van der Waals surface area contributed by atoms with Crippen LogP contribution in [0.2, 0.25) is 0 Å². The predicted molar refractivity (Wildman–Crippen MR) is 185 cm³/mol. The number of aryl methyl sites for hydroxylation is 1. The van der Waals surface area contributed by atoms with Crippen molar-refractivity contribution in [2.24, 2.45) is 10.7 Å². The Balaban J connectivity index is 1.29. The standard InChI is InChI=1S/C39H33N3OS/c1-25-11-4-2-5-12-26-19-21-31-30-16-8-9-17-33(30)42(37(31)38(26)44-25)29-20-22-32-35(23-29)43-34-18-10-15-28(36(32)34)24-41-39(40)27-13-6-3-7-14-27/h2-7,10-11,13-15,18-23H,1,8-9,12,16-17,24H2,(H2,40,41)/b5-2-,11-4-. The Bertz CT molecular complexity index is 2180. The second kappa shape index (κ2) is 11.1. The van der Waals surface area contributed by atoms with E-state index in [2.05, 4.69) is 71.8 Å². The Labute approximate surface area is 261 Å². The molecule has 8 rings (SSSR count). The van der Waals surface area contributed by atoms with Crippen molar-refractivity contribution in [2.45, 2.75) is 43.5 Å². The van der Waals surface area contributed by atoms with Crippen LogP contribution >= 0.6 is 11.8 Å². The molecule has 0 saturated heterocycles. The molecule has 3 heterocycles. The van der Waals surface area contributed by atoms with Crippen LogP contribution in [0.5, 0.6) is 0 Å². The molecule has 0 bridgehead atoms. The lowest BCUT2D eigenvalue weighted by Gasteiger charge is -2.17. The summed E-state index contributed by atoms with van der Waals surface area (Å²) >= 11 is 1.79. The van der Waals surface area contributed by atoms with Gasteiger partial charge in [0.2, 0.25) is 0 Å². The molecule has 0 unspecified atom stereocenters. The van der Waals surface area contributed by atoms with Crippen molar-refractivity contribution in [3.05, 3.63) is 143 Å². The van der Waals surface area contributed by atoms with E-state index in [-0.39, 0.29) is 0 Å². The molecule has 0 saturated carbocycles. The van der Waals surface area contributed by atoms with Crippen molar-refractivity contribution in [1.29, 1.82) is 0 Å². The Kier molecular flexibility index (Phi) is 6.76. The third kappa shape index (κ3) is 4.59. The molecule has 44 heavy (non-hydrogen) atoms. The van der Waals surface area contributed by atoms with Gasteiger partial charge >= 0.3 is 0 Å². The van der Waals surface area contributed by atoms with Gasteiger partial charge < -0.3 is 14.7 Å². The number of hydrogen-bond donors (Lipinski definition) is 1. The van der Waals surface area contributed by atoms with Gasteiger partial charge in [-0.2, -0.15) is 0 Å². The van der Waals surface area contributed by atoms with Gasteiger partial charge in [-0.3, -0.25) is 4.99 Å². The largest absolute Gasteiger partial charge is 0.456 e. The van der Waals surface area contributed by atoms with Gasteiger partial charge in [0.15, 0.2) is 0 Å². The maximum absolute atomic E-state index is 6.53. The number of amidine groups is 1. The average molecular weight is 592 g/mol. The van der Waals surface area contributed by atoms with Gasteiger partial charge in [-0.05, 0) is 73.1 Å². The van der Waals surface area contributed by atoms with Gasteiger partial charge in [0.1, 0.15) is 17.0 Å². The van der Waals surface area contributed by atoms with Crippen LogP contribution < -0.4 is 5.73 Å². The fourth-order valence-corrected chi connectivity index (χ4v) is 7.82. The third-order valence-electron chi connectivity index (χ3n) is 8.89. The second-order valence-electron chi connectivity index (χ2n) is 11.6. The molecular formula is C39H33N3OS. The average Bonchev–Trinajstić information content (AvgIpc) is 3.62. The summed E-state index contributed by atoms with van der Waals surface area (Å²) in [6.07, 6.45) is 14.1. The number of fused-ring (bicyclic) bond motifs is 8. The van der Waals surface area contributed by atoms with Crippen molar-refractivity contribution in [3.8, 4) is 5.69 Å². The van der Waals surface area contributed by atoms with E-state index in [1.807, 2.05) is 42.5 Å². The number of benzene rings is 4. The smallest absolute Gasteiger partial charge is 0.137 e. The SMILES string of the molecule is C=C1/C=C\C=C/Cc2ccc3c4c(n(-c5ccc6c(c5)oc5cccc(C/N=C(\N)c7ccccc7)c56)c3c2S1)CCCC4. The van der Waals surface area contributed by atoms with E-state index in [1.54, 1.807) is 11.8 Å². The van der Waals surface area contributed by atoms with E-state index >= 15 is 0 Å². The first-order valence-corrected chi connectivity index (χ1v) is 16.2. The van der Waals surface area contributed by atoms with Crippen molar-refractivity contribution in [3.63, 3.8) is 0 Å². The summed E-state index contributed by atoms with van der Waals surface area (Å²) in [6.45, 7) is 4.85. The highest BCUT2D eigenvalue weighted by molar-refractivity contribution is 8.03. The summed E-state index contributed by atoms with van der Waals surface area (Å²) < 4.78 is 9.05. The molecule has 2 aromatic heterocycles. The fraction of sp³-hybridized carbons (Fsp3) is 0.154. The monoisotopic (exact) mass is 591 g/mol. The van der Waals surface area contributed by atoms with Crippen LogP contribution in [0.3, 0.4) is 0 Å². The molecule has 1 aliphatic heterocycles. The molecule has 5 heteroatoms. The molecule has 1 aliphatic carbocycles. The lowest BCUT2D eigenvalue weighted by atomic mass is 9.95. The second-order valence-corrected chi connectivity index (χ2v) is 12.8. The molecule has 0 amide bonds. The number of allylic oxidation sites excluding steroid dienone is 4. The van der Waals surface area contributed by atoms with E-state index in [9.17, 15) is 0 Å². The molecule has 4 aromatic carbocycles. The number of furan rings is 1. The molecule has 0 fully saturated rings. The molecule has 2 N–H and O–H groups in total.